The Kier molecular flexibility index (Phi) is 5.71. The minimum absolute atomic E-state index is 0.0555. The first kappa shape index (κ1) is 17.5. The van der Waals surface area contributed by atoms with Gasteiger partial charge in [0, 0.05) is 52.1 Å². The van der Waals surface area contributed by atoms with Crippen molar-refractivity contribution in [2.75, 3.05) is 51.3 Å². The number of rotatable bonds is 6. The number of para-hydroxylation sites is 2. The summed E-state index contributed by atoms with van der Waals surface area (Å²) >= 11 is 0. The van der Waals surface area contributed by atoms with Gasteiger partial charge in [-0.25, -0.2) is 0 Å². The molecule has 2 amide bonds. The molecule has 25 heavy (non-hydrogen) atoms. The second-order valence-electron chi connectivity index (χ2n) is 6.33. The number of carbonyl (C=O) groups excluding carboxylic acids is 2. The molecule has 2 aliphatic rings. The van der Waals surface area contributed by atoms with Crippen LogP contribution in [-0.2, 0) is 9.59 Å². The van der Waals surface area contributed by atoms with Crippen molar-refractivity contribution in [3.8, 4) is 5.75 Å². The fraction of sp³-hybridized carbons (Fsp3) is 0.474. The van der Waals surface area contributed by atoms with Crippen LogP contribution in [0.2, 0.25) is 0 Å². The maximum atomic E-state index is 11.5. The molecule has 2 heterocycles. The quantitative estimate of drug-likeness (QED) is 0.579. The normalized spacial score (nSPS) is 19.2. The van der Waals surface area contributed by atoms with Gasteiger partial charge in [0.15, 0.2) is 0 Å². The van der Waals surface area contributed by atoms with E-state index in [1.807, 2.05) is 24.3 Å². The van der Waals surface area contributed by atoms with Gasteiger partial charge in [0.2, 0.25) is 11.8 Å². The first-order chi connectivity index (χ1) is 12.2. The molecule has 0 spiro atoms. The summed E-state index contributed by atoms with van der Waals surface area (Å²) in [5, 5.41) is 0. The number of methoxy groups -OCH3 is 1. The van der Waals surface area contributed by atoms with E-state index in [1.54, 1.807) is 7.11 Å². The molecule has 6 heteroatoms. The average Bonchev–Trinajstić information content (AvgIpc) is 2.97. The molecule has 0 atom stereocenters. The predicted octanol–water partition coefficient (Wildman–Crippen LogP) is 1.52. The lowest BCUT2D eigenvalue weighted by Crippen LogP contribution is -2.46. The molecule has 0 unspecified atom stereocenters. The van der Waals surface area contributed by atoms with E-state index in [1.165, 1.54) is 4.90 Å². The minimum Gasteiger partial charge on any atom is -0.495 e. The van der Waals surface area contributed by atoms with Crippen LogP contribution in [0.1, 0.15) is 12.8 Å². The summed E-state index contributed by atoms with van der Waals surface area (Å²) in [5.74, 6) is 0.802. The number of amides is 2. The van der Waals surface area contributed by atoms with Crippen LogP contribution in [0.5, 0.6) is 5.75 Å². The fourth-order valence-corrected chi connectivity index (χ4v) is 3.29. The van der Waals surface area contributed by atoms with E-state index in [0.717, 1.165) is 44.2 Å². The molecule has 2 fully saturated rings. The van der Waals surface area contributed by atoms with Gasteiger partial charge in [0.1, 0.15) is 5.75 Å². The lowest BCUT2D eigenvalue weighted by atomic mass is 10.2. The van der Waals surface area contributed by atoms with Crippen LogP contribution in [0.15, 0.2) is 36.4 Å². The Morgan fingerprint density at radius 3 is 2.28 bits per heavy atom. The number of likely N-dealkylation sites (tertiary alicyclic amines) is 1. The topological polar surface area (TPSA) is 53.1 Å². The first-order valence-electron chi connectivity index (χ1n) is 8.77. The third-order valence-corrected chi connectivity index (χ3v) is 4.77. The van der Waals surface area contributed by atoms with Gasteiger partial charge < -0.3 is 9.64 Å². The number of ether oxygens (including phenoxy) is 1. The van der Waals surface area contributed by atoms with E-state index in [4.69, 9.17) is 4.74 Å². The standard InChI is InChI=1S/C19H25N3O3/c1-25-17-7-3-2-6-16(17)21-14-12-20(13-15-21)10-4-5-11-22-18(23)8-9-19(22)24/h2-7H,8-15H2,1H3/b5-4+. The summed E-state index contributed by atoms with van der Waals surface area (Å²) in [5.41, 5.74) is 1.14. The van der Waals surface area contributed by atoms with E-state index >= 15 is 0 Å². The zero-order valence-corrected chi connectivity index (χ0v) is 14.7. The number of hydrogen-bond donors (Lipinski definition) is 0. The molecule has 0 aliphatic carbocycles. The van der Waals surface area contributed by atoms with Crippen LogP contribution in [0.4, 0.5) is 5.69 Å². The van der Waals surface area contributed by atoms with E-state index < -0.39 is 0 Å². The number of benzene rings is 1. The molecule has 0 radical (unpaired) electrons. The molecule has 2 saturated heterocycles. The third kappa shape index (κ3) is 4.20. The fourth-order valence-electron chi connectivity index (χ4n) is 3.29. The summed E-state index contributed by atoms with van der Waals surface area (Å²) < 4.78 is 5.44. The SMILES string of the molecule is COc1ccccc1N1CCN(C/C=C/CN2C(=O)CCC2=O)CC1. The van der Waals surface area contributed by atoms with Crippen molar-refractivity contribution >= 4 is 17.5 Å². The van der Waals surface area contributed by atoms with Crippen LogP contribution in [0, 0.1) is 0 Å². The molecule has 0 bridgehead atoms. The predicted molar refractivity (Wildman–Crippen MR) is 96.7 cm³/mol. The lowest BCUT2D eigenvalue weighted by molar-refractivity contribution is -0.137. The Morgan fingerprint density at radius 2 is 1.60 bits per heavy atom. The third-order valence-electron chi connectivity index (χ3n) is 4.77. The highest BCUT2D eigenvalue weighted by Crippen LogP contribution is 2.28. The molecule has 134 valence electrons. The average molecular weight is 343 g/mol. The zero-order chi connectivity index (χ0) is 17.6. The Labute approximate surface area is 148 Å². The Bertz CT molecular complexity index is 635. The maximum Gasteiger partial charge on any atom is 0.229 e. The molecule has 6 nitrogen and oxygen atoms in total. The van der Waals surface area contributed by atoms with Gasteiger partial charge in [0.05, 0.1) is 12.8 Å². The highest BCUT2D eigenvalue weighted by Gasteiger charge is 2.27. The van der Waals surface area contributed by atoms with Gasteiger partial charge in [-0.3, -0.25) is 19.4 Å². The van der Waals surface area contributed by atoms with Crippen LogP contribution >= 0.6 is 0 Å². The number of anilines is 1. The summed E-state index contributed by atoms with van der Waals surface area (Å²) in [7, 11) is 1.70. The molecular formula is C19H25N3O3. The lowest BCUT2D eigenvalue weighted by Gasteiger charge is -2.36. The van der Waals surface area contributed by atoms with Gasteiger partial charge >= 0.3 is 0 Å². The summed E-state index contributed by atoms with van der Waals surface area (Å²) in [4.78, 5) is 29.2. The molecule has 1 aromatic carbocycles. The van der Waals surface area contributed by atoms with Crippen molar-refractivity contribution in [1.82, 2.24) is 9.80 Å². The largest absolute Gasteiger partial charge is 0.495 e. The zero-order valence-electron chi connectivity index (χ0n) is 14.7. The van der Waals surface area contributed by atoms with Crippen molar-refractivity contribution in [3.63, 3.8) is 0 Å². The number of carbonyl (C=O) groups is 2. The highest BCUT2D eigenvalue weighted by molar-refractivity contribution is 6.02. The van der Waals surface area contributed by atoms with E-state index in [9.17, 15) is 9.59 Å². The Balaban J connectivity index is 1.44. The summed E-state index contributed by atoms with van der Waals surface area (Å²) in [6, 6.07) is 8.11. The molecule has 1 aromatic rings. The van der Waals surface area contributed by atoms with Crippen LogP contribution in [0.3, 0.4) is 0 Å². The Morgan fingerprint density at radius 1 is 0.960 bits per heavy atom. The summed E-state index contributed by atoms with van der Waals surface area (Å²) in [6.07, 6.45) is 4.69. The Hall–Kier alpha value is -2.34. The molecule has 0 N–H and O–H groups in total. The molecular weight excluding hydrogens is 318 g/mol. The van der Waals surface area contributed by atoms with Gasteiger partial charge in [-0.2, -0.15) is 0 Å². The van der Waals surface area contributed by atoms with Crippen molar-refractivity contribution in [2.24, 2.45) is 0 Å². The second-order valence-corrected chi connectivity index (χ2v) is 6.33. The van der Waals surface area contributed by atoms with Gasteiger partial charge in [-0.15, -0.1) is 0 Å². The number of nitrogens with zero attached hydrogens (tertiary/aromatic N) is 3. The molecule has 3 rings (SSSR count). The van der Waals surface area contributed by atoms with E-state index in [-0.39, 0.29) is 11.8 Å². The van der Waals surface area contributed by atoms with Crippen LogP contribution < -0.4 is 9.64 Å². The van der Waals surface area contributed by atoms with Gasteiger partial charge in [-0.1, -0.05) is 24.3 Å². The monoisotopic (exact) mass is 343 g/mol. The smallest absolute Gasteiger partial charge is 0.229 e. The maximum absolute atomic E-state index is 11.5. The van der Waals surface area contributed by atoms with Gasteiger partial charge in [0.25, 0.3) is 0 Å². The molecule has 2 aliphatic heterocycles. The highest BCUT2D eigenvalue weighted by atomic mass is 16.5. The summed E-state index contributed by atoms with van der Waals surface area (Å²) in [6.45, 7) is 5.11. The van der Waals surface area contributed by atoms with Crippen LogP contribution in [-0.4, -0.2) is 68.0 Å². The second kappa shape index (κ2) is 8.16. The van der Waals surface area contributed by atoms with E-state index in [0.29, 0.717) is 19.4 Å². The van der Waals surface area contributed by atoms with Crippen molar-refractivity contribution in [2.45, 2.75) is 12.8 Å². The molecule has 0 aromatic heterocycles. The van der Waals surface area contributed by atoms with E-state index in [2.05, 4.69) is 21.9 Å². The minimum atomic E-state index is -0.0555. The number of hydrogen-bond acceptors (Lipinski definition) is 5. The van der Waals surface area contributed by atoms with Crippen molar-refractivity contribution in [3.05, 3.63) is 36.4 Å². The first-order valence-corrected chi connectivity index (χ1v) is 8.77. The molecule has 0 saturated carbocycles. The van der Waals surface area contributed by atoms with Crippen molar-refractivity contribution in [1.29, 1.82) is 0 Å². The number of piperazine rings is 1. The van der Waals surface area contributed by atoms with Crippen LogP contribution in [0.25, 0.3) is 0 Å². The van der Waals surface area contributed by atoms with Crippen molar-refractivity contribution < 1.29 is 14.3 Å². The van der Waals surface area contributed by atoms with Gasteiger partial charge in [-0.05, 0) is 12.1 Å². The number of imide groups is 1.